The Morgan fingerprint density at radius 2 is 1.92 bits per heavy atom. The van der Waals surface area contributed by atoms with Crippen molar-refractivity contribution in [1.29, 1.82) is 0 Å². The van der Waals surface area contributed by atoms with Gasteiger partial charge in [-0.3, -0.25) is 9.69 Å². The highest BCUT2D eigenvalue weighted by molar-refractivity contribution is 8.15. The summed E-state index contributed by atoms with van der Waals surface area (Å²) in [6.45, 7) is 4.44. The molecule has 0 aromatic heterocycles. The number of para-hydroxylation sites is 1. The predicted molar refractivity (Wildman–Crippen MR) is 107 cm³/mol. The van der Waals surface area contributed by atoms with E-state index in [2.05, 4.69) is 10.2 Å². The summed E-state index contributed by atoms with van der Waals surface area (Å²) in [6.07, 6.45) is 1.64. The standard InChI is InChI=1S/C20H21N3O2S/c1-14-8-4-5-10-17(14)13-23-19(24)15(2)26-20(23)22-21-12-16-9-6-7-11-18(16)25-3/h4-12,15H,13H2,1-3H3/b21-12-,22-20-/t15-/m0/s1. The van der Waals surface area contributed by atoms with Gasteiger partial charge in [0.2, 0.25) is 5.91 Å². The molecule has 1 heterocycles. The van der Waals surface area contributed by atoms with Gasteiger partial charge >= 0.3 is 0 Å². The van der Waals surface area contributed by atoms with Gasteiger partial charge in [0, 0.05) is 5.56 Å². The van der Waals surface area contributed by atoms with Crippen molar-refractivity contribution in [3.05, 3.63) is 65.2 Å². The van der Waals surface area contributed by atoms with Gasteiger partial charge in [-0.05, 0) is 37.1 Å². The zero-order chi connectivity index (χ0) is 18.5. The van der Waals surface area contributed by atoms with Crippen molar-refractivity contribution in [3.8, 4) is 5.75 Å². The molecule has 26 heavy (non-hydrogen) atoms. The third-order valence-corrected chi connectivity index (χ3v) is 5.26. The first-order valence-electron chi connectivity index (χ1n) is 8.36. The first-order chi connectivity index (χ1) is 12.6. The highest BCUT2D eigenvalue weighted by Gasteiger charge is 2.35. The molecule has 0 bridgehead atoms. The first-order valence-corrected chi connectivity index (χ1v) is 9.24. The van der Waals surface area contributed by atoms with Gasteiger partial charge in [0.1, 0.15) is 5.75 Å². The molecule has 3 rings (SSSR count). The topological polar surface area (TPSA) is 54.3 Å². The minimum Gasteiger partial charge on any atom is -0.496 e. The number of hydrogen-bond acceptors (Lipinski definition) is 5. The normalized spacial score (nSPS) is 18.9. The lowest BCUT2D eigenvalue weighted by Gasteiger charge is -2.16. The fourth-order valence-corrected chi connectivity index (χ4v) is 3.60. The molecule has 0 unspecified atom stereocenters. The van der Waals surface area contributed by atoms with Crippen LogP contribution in [-0.2, 0) is 11.3 Å². The van der Waals surface area contributed by atoms with Crippen LogP contribution in [0.1, 0.15) is 23.6 Å². The Bertz CT molecular complexity index is 864. The van der Waals surface area contributed by atoms with Crippen LogP contribution >= 0.6 is 11.8 Å². The molecule has 5 nitrogen and oxygen atoms in total. The highest BCUT2D eigenvalue weighted by atomic mass is 32.2. The van der Waals surface area contributed by atoms with Crippen molar-refractivity contribution in [2.24, 2.45) is 10.2 Å². The molecule has 1 aliphatic rings. The van der Waals surface area contributed by atoms with Crippen molar-refractivity contribution in [1.82, 2.24) is 4.90 Å². The van der Waals surface area contributed by atoms with Crippen LogP contribution in [0.4, 0.5) is 0 Å². The molecular weight excluding hydrogens is 346 g/mol. The highest BCUT2D eigenvalue weighted by Crippen LogP contribution is 2.29. The van der Waals surface area contributed by atoms with Crippen LogP contribution in [0, 0.1) is 6.92 Å². The van der Waals surface area contributed by atoms with Crippen molar-refractivity contribution in [2.45, 2.75) is 25.6 Å². The maximum atomic E-state index is 12.5. The summed E-state index contributed by atoms with van der Waals surface area (Å²) in [5.41, 5.74) is 3.10. The first kappa shape index (κ1) is 18.2. The van der Waals surface area contributed by atoms with Crippen LogP contribution in [0.2, 0.25) is 0 Å². The zero-order valence-electron chi connectivity index (χ0n) is 15.0. The minimum atomic E-state index is -0.153. The summed E-state index contributed by atoms with van der Waals surface area (Å²) >= 11 is 1.43. The SMILES string of the molecule is COc1ccccc1/C=N\N=C1/S[C@@H](C)C(=O)N1Cc1ccccc1C. The number of benzene rings is 2. The van der Waals surface area contributed by atoms with Crippen LogP contribution in [0.5, 0.6) is 5.75 Å². The van der Waals surface area contributed by atoms with Gasteiger partial charge in [-0.15, -0.1) is 5.10 Å². The lowest BCUT2D eigenvalue weighted by Crippen LogP contribution is -2.31. The fourth-order valence-electron chi connectivity index (χ4n) is 2.68. The second-order valence-electron chi connectivity index (χ2n) is 5.98. The van der Waals surface area contributed by atoms with Crippen LogP contribution in [0.3, 0.4) is 0 Å². The molecule has 1 amide bonds. The van der Waals surface area contributed by atoms with Gasteiger partial charge < -0.3 is 4.74 Å². The summed E-state index contributed by atoms with van der Waals surface area (Å²) in [5.74, 6) is 0.793. The number of carbonyl (C=O) groups excluding carboxylic acids is 1. The van der Waals surface area contributed by atoms with Crippen LogP contribution in [-0.4, -0.2) is 34.5 Å². The number of ether oxygens (including phenoxy) is 1. The molecule has 0 spiro atoms. The van der Waals surface area contributed by atoms with E-state index in [1.165, 1.54) is 11.8 Å². The average molecular weight is 367 g/mol. The number of nitrogens with zero attached hydrogens (tertiary/aromatic N) is 3. The predicted octanol–water partition coefficient (Wildman–Crippen LogP) is 3.86. The third-order valence-electron chi connectivity index (χ3n) is 4.20. The molecule has 0 aliphatic carbocycles. The van der Waals surface area contributed by atoms with Gasteiger partial charge in [0.25, 0.3) is 0 Å². The van der Waals surface area contributed by atoms with E-state index in [0.29, 0.717) is 11.7 Å². The number of amidine groups is 1. The number of thioether (sulfide) groups is 1. The van der Waals surface area contributed by atoms with E-state index in [1.54, 1.807) is 18.2 Å². The molecule has 2 aromatic carbocycles. The largest absolute Gasteiger partial charge is 0.496 e. The molecule has 1 aliphatic heterocycles. The quantitative estimate of drug-likeness (QED) is 0.596. The maximum Gasteiger partial charge on any atom is 0.242 e. The summed E-state index contributed by atoms with van der Waals surface area (Å²) in [7, 11) is 1.62. The van der Waals surface area contributed by atoms with Gasteiger partial charge in [0.05, 0.1) is 25.1 Å². The molecule has 1 fully saturated rings. The Morgan fingerprint density at radius 3 is 2.69 bits per heavy atom. The molecule has 1 saturated heterocycles. The van der Waals surface area contributed by atoms with Crippen molar-refractivity contribution in [3.63, 3.8) is 0 Å². The number of aryl methyl sites for hydroxylation is 1. The third kappa shape index (κ3) is 3.96. The lowest BCUT2D eigenvalue weighted by molar-refractivity contribution is -0.126. The van der Waals surface area contributed by atoms with E-state index in [9.17, 15) is 4.79 Å². The summed E-state index contributed by atoms with van der Waals surface area (Å²) in [4.78, 5) is 14.2. The Morgan fingerprint density at radius 1 is 1.19 bits per heavy atom. The summed E-state index contributed by atoms with van der Waals surface area (Å²) in [6, 6.07) is 15.6. The molecule has 0 N–H and O–H groups in total. The van der Waals surface area contributed by atoms with Crippen LogP contribution in [0.15, 0.2) is 58.7 Å². The molecular formula is C20H21N3O2S. The van der Waals surface area contributed by atoms with E-state index in [0.717, 1.165) is 22.4 Å². The molecule has 0 saturated carbocycles. The Labute approximate surface area is 157 Å². The van der Waals surface area contributed by atoms with Gasteiger partial charge in [-0.1, -0.05) is 48.2 Å². The average Bonchev–Trinajstić information content (AvgIpc) is 2.91. The minimum absolute atomic E-state index is 0.0597. The van der Waals surface area contributed by atoms with Gasteiger partial charge in [-0.2, -0.15) is 5.10 Å². The van der Waals surface area contributed by atoms with E-state index in [4.69, 9.17) is 4.74 Å². The van der Waals surface area contributed by atoms with Crippen molar-refractivity contribution in [2.75, 3.05) is 7.11 Å². The van der Waals surface area contributed by atoms with E-state index < -0.39 is 0 Å². The van der Waals surface area contributed by atoms with E-state index in [-0.39, 0.29) is 11.2 Å². The lowest BCUT2D eigenvalue weighted by atomic mass is 10.1. The van der Waals surface area contributed by atoms with Crippen LogP contribution in [0.25, 0.3) is 0 Å². The van der Waals surface area contributed by atoms with Gasteiger partial charge in [-0.25, -0.2) is 0 Å². The molecule has 134 valence electrons. The number of rotatable bonds is 5. The Kier molecular flexibility index (Phi) is 5.73. The van der Waals surface area contributed by atoms with Crippen molar-refractivity contribution < 1.29 is 9.53 Å². The smallest absolute Gasteiger partial charge is 0.242 e. The fraction of sp³-hybridized carbons (Fsp3) is 0.250. The zero-order valence-corrected chi connectivity index (χ0v) is 15.9. The van der Waals surface area contributed by atoms with E-state index in [1.807, 2.05) is 62.4 Å². The van der Waals surface area contributed by atoms with Crippen molar-refractivity contribution >= 4 is 29.1 Å². The Hall–Kier alpha value is -2.60. The van der Waals surface area contributed by atoms with Crippen LogP contribution < -0.4 is 4.74 Å². The molecule has 1 atom stereocenters. The monoisotopic (exact) mass is 367 g/mol. The number of carbonyl (C=O) groups is 1. The molecule has 2 aromatic rings. The number of amides is 1. The number of hydrogen-bond donors (Lipinski definition) is 0. The van der Waals surface area contributed by atoms with E-state index >= 15 is 0 Å². The number of methoxy groups -OCH3 is 1. The summed E-state index contributed by atoms with van der Waals surface area (Å²) < 4.78 is 5.31. The second kappa shape index (κ2) is 8.19. The second-order valence-corrected chi connectivity index (χ2v) is 7.29. The Balaban J connectivity index is 1.82. The molecule has 0 radical (unpaired) electrons. The van der Waals surface area contributed by atoms with Gasteiger partial charge in [0.15, 0.2) is 5.17 Å². The molecule has 6 heteroatoms. The maximum absolute atomic E-state index is 12.5. The summed E-state index contributed by atoms with van der Waals surface area (Å²) in [5, 5.41) is 8.95.